The third-order valence-corrected chi connectivity index (χ3v) is 3.45. The first-order valence-corrected chi connectivity index (χ1v) is 6.04. The van der Waals surface area contributed by atoms with Gasteiger partial charge in [-0.05, 0) is 32.2 Å². The Kier molecular flexibility index (Phi) is 4.90. The average molecular weight is 198 g/mol. The summed E-state index contributed by atoms with van der Waals surface area (Å²) < 4.78 is 0. The SMILES string of the molecule is CNCC(C)NCC1(C)CCCCC1. The topological polar surface area (TPSA) is 24.1 Å². The van der Waals surface area contributed by atoms with Gasteiger partial charge in [0.1, 0.15) is 0 Å². The molecule has 84 valence electrons. The van der Waals surface area contributed by atoms with Crippen molar-refractivity contribution in [3.63, 3.8) is 0 Å². The van der Waals surface area contributed by atoms with E-state index < -0.39 is 0 Å². The van der Waals surface area contributed by atoms with Crippen molar-refractivity contribution in [3.8, 4) is 0 Å². The van der Waals surface area contributed by atoms with Crippen LogP contribution < -0.4 is 10.6 Å². The van der Waals surface area contributed by atoms with Gasteiger partial charge in [0.15, 0.2) is 0 Å². The number of rotatable bonds is 5. The van der Waals surface area contributed by atoms with Crippen molar-refractivity contribution in [2.24, 2.45) is 5.41 Å². The lowest BCUT2D eigenvalue weighted by molar-refractivity contribution is 0.201. The van der Waals surface area contributed by atoms with E-state index in [1.165, 1.54) is 38.6 Å². The Bertz CT molecular complexity index is 150. The second-order valence-electron chi connectivity index (χ2n) is 5.21. The van der Waals surface area contributed by atoms with Gasteiger partial charge >= 0.3 is 0 Å². The Morgan fingerprint density at radius 2 is 1.86 bits per heavy atom. The molecule has 1 unspecified atom stereocenters. The molecule has 0 amide bonds. The summed E-state index contributed by atoms with van der Waals surface area (Å²) in [6, 6.07) is 0.596. The highest BCUT2D eigenvalue weighted by Gasteiger charge is 2.26. The Balaban J connectivity index is 2.21. The molecule has 0 aliphatic heterocycles. The van der Waals surface area contributed by atoms with Crippen LogP contribution in [0, 0.1) is 5.41 Å². The second-order valence-corrected chi connectivity index (χ2v) is 5.21. The van der Waals surface area contributed by atoms with E-state index in [4.69, 9.17) is 0 Å². The smallest absolute Gasteiger partial charge is 0.0164 e. The van der Waals surface area contributed by atoms with E-state index >= 15 is 0 Å². The van der Waals surface area contributed by atoms with Crippen LogP contribution in [0.4, 0.5) is 0 Å². The summed E-state index contributed by atoms with van der Waals surface area (Å²) in [6.07, 6.45) is 7.12. The Morgan fingerprint density at radius 1 is 1.21 bits per heavy atom. The number of hydrogen-bond acceptors (Lipinski definition) is 2. The Labute approximate surface area is 88.8 Å². The lowest BCUT2D eigenvalue weighted by Crippen LogP contribution is -2.41. The molecule has 0 aromatic heterocycles. The van der Waals surface area contributed by atoms with Crippen LogP contribution in [0.25, 0.3) is 0 Å². The molecule has 0 saturated heterocycles. The van der Waals surface area contributed by atoms with Gasteiger partial charge in [0.2, 0.25) is 0 Å². The number of likely N-dealkylation sites (N-methyl/N-ethyl adjacent to an activating group) is 1. The first kappa shape index (κ1) is 12.0. The zero-order valence-corrected chi connectivity index (χ0v) is 10.0. The van der Waals surface area contributed by atoms with Gasteiger partial charge in [0, 0.05) is 19.1 Å². The number of nitrogens with one attached hydrogen (secondary N) is 2. The number of hydrogen-bond donors (Lipinski definition) is 2. The van der Waals surface area contributed by atoms with Crippen LogP contribution in [-0.2, 0) is 0 Å². The van der Waals surface area contributed by atoms with Crippen molar-refractivity contribution >= 4 is 0 Å². The quantitative estimate of drug-likeness (QED) is 0.707. The molecule has 1 rings (SSSR count). The van der Waals surface area contributed by atoms with Crippen LogP contribution >= 0.6 is 0 Å². The van der Waals surface area contributed by atoms with Crippen molar-refractivity contribution in [2.45, 2.75) is 52.0 Å². The molecule has 0 aromatic carbocycles. The van der Waals surface area contributed by atoms with Crippen LogP contribution in [0.3, 0.4) is 0 Å². The molecule has 1 aliphatic carbocycles. The molecule has 1 fully saturated rings. The summed E-state index contributed by atoms with van der Waals surface area (Å²) in [5.41, 5.74) is 0.570. The lowest BCUT2D eigenvalue weighted by atomic mass is 9.75. The summed E-state index contributed by atoms with van der Waals surface area (Å²) in [5.74, 6) is 0. The minimum Gasteiger partial charge on any atom is -0.318 e. The summed E-state index contributed by atoms with van der Waals surface area (Å²) in [7, 11) is 2.01. The van der Waals surface area contributed by atoms with Crippen LogP contribution in [-0.4, -0.2) is 26.2 Å². The van der Waals surface area contributed by atoms with E-state index in [-0.39, 0.29) is 0 Å². The van der Waals surface area contributed by atoms with Crippen LogP contribution in [0.2, 0.25) is 0 Å². The molecule has 0 heterocycles. The fraction of sp³-hybridized carbons (Fsp3) is 1.00. The maximum absolute atomic E-state index is 3.63. The molecular formula is C12H26N2. The Hall–Kier alpha value is -0.0800. The zero-order valence-electron chi connectivity index (χ0n) is 10.0. The highest BCUT2D eigenvalue weighted by Crippen LogP contribution is 2.34. The molecule has 1 aliphatic rings. The molecule has 0 aromatic rings. The standard InChI is InChI=1S/C12H26N2/c1-11(9-13-3)14-10-12(2)7-5-4-6-8-12/h11,13-14H,4-10H2,1-3H3. The molecule has 14 heavy (non-hydrogen) atoms. The molecule has 2 N–H and O–H groups in total. The highest BCUT2D eigenvalue weighted by molar-refractivity contribution is 4.81. The molecule has 0 bridgehead atoms. The minimum absolute atomic E-state index is 0.570. The summed E-state index contributed by atoms with van der Waals surface area (Å²) in [6.45, 7) is 6.94. The van der Waals surface area contributed by atoms with Gasteiger partial charge in [-0.15, -0.1) is 0 Å². The predicted octanol–water partition coefficient (Wildman–Crippen LogP) is 2.15. The summed E-state index contributed by atoms with van der Waals surface area (Å²) in [4.78, 5) is 0. The van der Waals surface area contributed by atoms with Crippen LogP contribution in [0.5, 0.6) is 0 Å². The fourth-order valence-corrected chi connectivity index (χ4v) is 2.38. The van der Waals surface area contributed by atoms with Gasteiger partial charge in [-0.1, -0.05) is 26.2 Å². The largest absolute Gasteiger partial charge is 0.318 e. The highest BCUT2D eigenvalue weighted by atomic mass is 15.0. The minimum atomic E-state index is 0.570. The van der Waals surface area contributed by atoms with E-state index in [0.29, 0.717) is 11.5 Å². The first-order valence-electron chi connectivity index (χ1n) is 6.04. The molecular weight excluding hydrogens is 172 g/mol. The van der Waals surface area contributed by atoms with Crippen molar-refractivity contribution in [2.75, 3.05) is 20.1 Å². The zero-order chi connectivity index (χ0) is 10.4. The van der Waals surface area contributed by atoms with E-state index in [1.54, 1.807) is 0 Å². The predicted molar refractivity (Wildman–Crippen MR) is 62.6 cm³/mol. The molecule has 2 heteroatoms. The van der Waals surface area contributed by atoms with E-state index in [0.717, 1.165) is 6.54 Å². The maximum atomic E-state index is 3.63. The molecule has 0 spiro atoms. The second kappa shape index (κ2) is 5.72. The first-order chi connectivity index (χ1) is 6.66. The van der Waals surface area contributed by atoms with Crippen molar-refractivity contribution in [1.82, 2.24) is 10.6 Å². The summed E-state index contributed by atoms with van der Waals surface area (Å²) >= 11 is 0. The van der Waals surface area contributed by atoms with E-state index in [2.05, 4.69) is 24.5 Å². The average Bonchev–Trinajstić information content (AvgIpc) is 2.17. The van der Waals surface area contributed by atoms with E-state index in [9.17, 15) is 0 Å². The van der Waals surface area contributed by atoms with E-state index in [1.807, 2.05) is 7.05 Å². The third kappa shape index (κ3) is 3.97. The lowest BCUT2D eigenvalue weighted by Gasteiger charge is -2.34. The fourth-order valence-electron chi connectivity index (χ4n) is 2.38. The van der Waals surface area contributed by atoms with Crippen LogP contribution in [0.15, 0.2) is 0 Å². The van der Waals surface area contributed by atoms with Crippen molar-refractivity contribution in [1.29, 1.82) is 0 Å². The van der Waals surface area contributed by atoms with Gasteiger partial charge in [0.25, 0.3) is 0 Å². The van der Waals surface area contributed by atoms with Gasteiger partial charge in [-0.2, -0.15) is 0 Å². The molecule has 0 radical (unpaired) electrons. The van der Waals surface area contributed by atoms with Crippen molar-refractivity contribution in [3.05, 3.63) is 0 Å². The van der Waals surface area contributed by atoms with Gasteiger partial charge in [-0.3, -0.25) is 0 Å². The van der Waals surface area contributed by atoms with Gasteiger partial charge in [0.05, 0.1) is 0 Å². The van der Waals surface area contributed by atoms with Crippen molar-refractivity contribution < 1.29 is 0 Å². The maximum Gasteiger partial charge on any atom is 0.0164 e. The van der Waals surface area contributed by atoms with Gasteiger partial charge in [-0.25, -0.2) is 0 Å². The van der Waals surface area contributed by atoms with Crippen LogP contribution in [0.1, 0.15) is 46.0 Å². The molecule has 1 atom stereocenters. The third-order valence-electron chi connectivity index (χ3n) is 3.45. The monoisotopic (exact) mass is 198 g/mol. The Morgan fingerprint density at radius 3 is 2.43 bits per heavy atom. The van der Waals surface area contributed by atoms with Gasteiger partial charge < -0.3 is 10.6 Å². The normalized spacial score (nSPS) is 23.4. The summed E-state index contributed by atoms with van der Waals surface area (Å²) in [5, 5.41) is 6.84. The molecule has 2 nitrogen and oxygen atoms in total. The molecule has 1 saturated carbocycles.